The molecule has 3 aromatic rings. The Morgan fingerprint density at radius 3 is 2.29 bits per heavy atom. The van der Waals surface area contributed by atoms with Gasteiger partial charge in [0.2, 0.25) is 11.7 Å². The van der Waals surface area contributed by atoms with Crippen molar-refractivity contribution in [3.63, 3.8) is 0 Å². The lowest BCUT2D eigenvalue weighted by atomic mass is 9.99. The molecule has 12 nitrogen and oxygen atoms in total. The van der Waals surface area contributed by atoms with E-state index in [0.717, 1.165) is 18.2 Å². The van der Waals surface area contributed by atoms with E-state index in [0.29, 0.717) is 0 Å². The van der Waals surface area contributed by atoms with Gasteiger partial charge in [0.15, 0.2) is 11.5 Å². The molecule has 182 valence electrons. The van der Waals surface area contributed by atoms with E-state index in [4.69, 9.17) is 13.9 Å². The highest BCUT2D eigenvalue weighted by Gasteiger charge is 2.45. The lowest BCUT2D eigenvalue weighted by Gasteiger charge is -2.39. The molecule has 0 radical (unpaired) electrons. The van der Waals surface area contributed by atoms with Crippen molar-refractivity contribution in [2.45, 2.75) is 37.3 Å². The number of fused-ring (bicyclic) bond motifs is 1. The van der Waals surface area contributed by atoms with Crippen molar-refractivity contribution in [1.82, 2.24) is 0 Å². The predicted octanol–water partition coefficient (Wildman–Crippen LogP) is -0.752. The summed E-state index contributed by atoms with van der Waals surface area (Å²) in [6, 6.07) is 5.78. The molecule has 2 heterocycles. The van der Waals surface area contributed by atoms with Gasteiger partial charge < -0.3 is 54.7 Å². The molecular formula is C22H22O12. The number of aliphatic hydroxyl groups is 5. The molecule has 4 rings (SSSR count). The van der Waals surface area contributed by atoms with Crippen LogP contribution in [0.4, 0.5) is 0 Å². The van der Waals surface area contributed by atoms with Crippen LogP contribution in [0.1, 0.15) is 5.56 Å². The second-order valence-corrected chi connectivity index (χ2v) is 7.73. The highest BCUT2D eigenvalue weighted by atomic mass is 16.7. The zero-order chi connectivity index (χ0) is 24.7. The molecule has 0 aliphatic carbocycles. The molecule has 5 atom stereocenters. The number of hydrogen-bond donors (Lipinski definition) is 8. The lowest BCUT2D eigenvalue weighted by Crippen LogP contribution is -2.60. The van der Waals surface area contributed by atoms with E-state index >= 15 is 0 Å². The molecule has 0 bridgehead atoms. The smallest absolute Gasteiger partial charge is 0.229 e. The molecule has 0 saturated carbocycles. The normalized spacial score (nSPS) is 24.9. The highest BCUT2D eigenvalue weighted by molar-refractivity contribution is 5.87. The molecular weight excluding hydrogens is 456 g/mol. The largest absolute Gasteiger partial charge is 0.508 e. The Labute approximate surface area is 190 Å². The molecule has 1 fully saturated rings. The van der Waals surface area contributed by atoms with E-state index in [9.17, 15) is 45.6 Å². The van der Waals surface area contributed by atoms with Gasteiger partial charge in [-0.25, -0.2) is 0 Å². The van der Waals surface area contributed by atoms with Crippen molar-refractivity contribution < 1.29 is 54.7 Å². The maximum atomic E-state index is 12.8. The van der Waals surface area contributed by atoms with Gasteiger partial charge in [-0.2, -0.15) is 0 Å². The molecule has 0 unspecified atom stereocenters. The summed E-state index contributed by atoms with van der Waals surface area (Å²) in [7, 11) is 0. The molecule has 1 saturated heterocycles. The Kier molecular flexibility index (Phi) is 6.36. The van der Waals surface area contributed by atoms with Crippen LogP contribution in [-0.2, 0) is 11.3 Å². The first-order chi connectivity index (χ1) is 16.2. The average Bonchev–Trinajstić information content (AvgIpc) is 2.79. The van der Waals surface area contributed by atoms with E-state index in [2.05, 4.69) is 0 Å². The first kappa shape index (κ1) is 23.8. The summed E-state index contributed by atoms with van der Waals surface area (Å²) in [6.07, 6.45) is -7.70. The topological polar surface area (TPSA) is 211 Å². The van der Waals surface area contributed by atoms with Gasteiger partial charge in [0.05, 0.1) is 18.8 Å². The summed E-state index contributed by atoms with van der Waals surface area (Å²) < 4.78 is 16.3. The van der Waals surface area contributed by atoms with Gasteiger partial charge >= 0.3 is 0 Å². The standard InChI is InChI=1S/C22H22O12/c23-6-10-17(28)16-12(27)4-9(25)5-14(16)32-21(10)8-1-2-13(11(26)3-8)33-22-20(31)19(30)18(29)15(7-24)34-22/h1-5,15,18-20,22-27,29-31H,6-7H2/t15-,18-,19+,20-,22-/m1/s1. The molecule has 2 aromatic carbocycles. The summed E-state index contributed by atoms with van der Waals surface area (Å²) in [5.74, 6) is -1.74. The third kappa shape index (κ3) is 4.03. The second kappa shape index (κ2) is 9.10. The van der Waals surface area contributed by atoms with Crippen LogP contribution in [0.2, 0.25) is 0 Å². The minimum Gasteiger partial charge on any atom is -0.508 e. The number of hydrogen-bond acceptors (Lipinski definition) is 12. The molecule has 0 spiro atoms. The fourth-order valence-electron chi connectivity index (χ4n) is 3.75. The summed E-state index contributed by atoms with van der Waals surface area (Å²) >= 11 is 0. The van der Waals surface area contributed by atoms with Crippen LogP contribution in [0, 0.1) is 0 Å². The van der Waals surface area contributed by atoms with Crippen LogP contribution < -0.4 is 10.2 Å². The maximum absolute atomic E-state index is 12.8. The zero-order valence-electron chi connectivity index (χ0n) is 17.4. The second-order valence-electron chi connectivity index (χ2n) is 7.73. The van der Waals surface area contributed by atoms with Crippen molar-refractivity contribution >= 4 is 11.0 Å². The number of phenols is 3. The van der Waals surface area contributed by atoms with Gasteiger partial charge in [-0.1, -0.05) is 0 Å². The van der Waals surface area contributed by atoms with Crippen LogP contribution in [0.3, 0.4) is 0 Å². The third-order valence-corrected chi connectivity index (χ3v) is 5.52. The van der Waals surface area contributed by atoms with Crippen LogP contribution in [-0.4, -0.2) is 78.2 Å². The van der Waals surface area contributed by atoms with Crippen LogP contribution in [0.5, 0.6) is 23.0 Å². The molecule has 8 N–H and O–H groups in total. The Balaban J connectivity index is 1.71. The van der Waals surface area contributed by atoms with E-state index in [1.165, 1.54) is 12.1 Å². The van der Waals surface area contributed by atoms with Gasteiger partial charge in [0.1, 0.15) is 52.6 Å². The highest BCUT2D eigenvalue weighted by Crippen LogP contribution is 2.37. The Morgan fingerprint density at radius 2 is 1.65 bits per heavy atom. The van der Waals surface area contributed by atoms with Crippen molar-refractivity contribution in [3.8, 4) is 34.3 Å². The zero-order valence-corrected chi connectivity index (χ0v) is 17.4. The van der Waals surface area contributed by atoms with Gasteiger partial charge in [0.25, 0.3) is 0 Å². The first-order valence-corrected chi connectivity index (χ1v) is 10.1. The SMILES string of the molecule is O=c1c(CO)c(-c2ccc(O[C@@H]3O[C@H](CO)[C@@H](O)[C@H](O)[C@H]3O)c(O)c2)oc2cc(O)cc(O)c12. The number of aliphatic hydroxyl groups excluding tert-OH is 5. The minimum atomic E-state index is -1.70. The predicted molar refractivity (Wildman–Crippen MR) is 113 cm³/mol. The minimum absolute atomic E-state index is 0.129. The first-order valence-electron chi connectivity index (χ1n) is 10.1. The van der Waals surface area contributed by atoms with Gasteiger partial charge in [0, 0.05) is 17.7 Å². The number of ether oxygens (including phenoxy) is 2. The van der Waals surface area contributed by atoms with Crippen molar-refractivity contribution in [2.75, 3.05) is 6.61 Å². The molecule has 1 aromatic heterocycles. The molecule has 0 amide bonds. The van der Waals surface area contributed by atoms with E-state index in [1.54, 1.807) is 0 Å². The Bertz CT molecular complexity index is 1270. The number of phenolic OH excluding ortho intramolecular Hbond substituents is 3. The van der Waals surface area contributed by atoms with Crippen molar-refractivity contribution in [2.24, 2.45) is 0 Å². The number of aromatic hydroxyl groups is 3. The summed E-state index contributed by atoms with van der Waals surface area (Å²) in [5, 5.41) is 78.8. The fourth-order valence-corrected chi connectivity index (χ4v) is 3.75. The Morgan fingerprint density at radius 1 is 0.912 bits per heavy atom. The number of rotatable bonds is 5. The molecule has 1 aliphatic rings. The fraction of sp³-hybridized carbons (Fsp3) is 0.318. The van der Waals surface area contributed by atoms with E-state index < -0.39 is 60.8 Å². The van der Waals surface area contributed by atoms with Crippen molar-refractivity contribution in [3.05, 3.63) is 46.1 Å². The third-order valence-electron chi connectivity index (χ3n) is 5.52. The van der Waals surface area contributed by atoms with Gasteiger partial charge in [-0.3, -0.25) is 4.79 Å². The van der Waals surface area contributed by atoms with Crippen molar-refractivity contribution in [1.29, 1.82) is 0 Å². The van der Waals surface area contributed by atoms with Crippen LogP contribution in [0.25, 0.3) is 22.3 Å². The van der Waals surface area contributed by atoms with E-state index in [-0.39, 0.29) is 39.4 Å². The summed E-state index contributed by atoms with van der Waals surface area (Å²) in [4.78, 5) is 12.8. The summed E-state index contributed by atoms with van der Waals surface area (Å²) in [6.45, 7) is -1.41. The van der Waals surface area contributed by atoms with Crippen LogP contribution in [0.15, 0.2) is 39.5 Å². The molecule has 1 aliphatic heterocycles. The van der Waals surface area contributed by atoms with Crippen LogP contribution >= 0.6 is 0 Å². The number of benzene rings is 2. The molecule has 12 heteroatoms. The van der Waals surface area contributed by atoms with E-state index in [1.807, 2.05) is 0 Å². The quantitative estimate of drug-likeness (QED) is 0.228. The maximum Gasteiger partial charge on any atom is 0.229 e. The Hall–Kier alpha value is -3.39. The monoisotopic (exact) mass is 478 g/mol. The summed E-state index contributed by atoms with van der Waals surface area (Å²) in [5.41, 5.74) is -0.978. The van der Waals surface area contributed by atoms with Gasteiger partial charge in [-0.05, 0) is 18.2 Å². The average molecular weight is 478 g/mol. The lowest BCUT2D eigenvalue weighted by molar-refractivity contribution is -0.277. The molecule has 34 heavy (non-hydrogen) atoms. The van der Waals surface area contributed by atoms with Gasteiger partial charge in [-0.15, -0.1) is 0 Å².